The fourth-order valence-electron chi connectivity index (χ4n) is 3.07. The topological polar surface area (TPSA) is 34.1 Å². The van der Waals surface area contributed by atoms with Crippen LogP contribution >= 0.6 is 23.1 Å². The van der Waals surface area contributed by atoms with Crippen LogP contribution in [0.15, 0.2) is 22.5 Å². The first kappa shape index (κ1) is 16.9. The second-order valence-corrected chi connectivity index (χ2v) is 8.00. The second-order valence-electron chi connectivity index (χ2n) is 5.85. The molecule has 0 spiro atoms. The summed E-state index contributed by atoms with van der Waals surface area (Å²) in [6.07, 6.45) is 0. The van der Waals surface area contributed by atoms with Gasteiger partial charge in [0.05, 0.1) is 5.00 Å². The van der Waals surface area contributed by atoms with E-state index in [1.54, 1.807) is 0 Å². The average molecular weight is 354 g/mol. The molecule has 0 radical (unpaired) electrons. The van der Waals surface area contributed by atoms with Crippen molar-refractivity contribution in [3.8, 4) is 0 Å². The van der Waals surface area contributed by atoms with Gasteiger partial charge in [-0.1, -0.05) is 0 Å². The van der Waals surface area contributed by atoms with Gasteiger partial charge in [0.15, 0.2) is 5.96 Å². The Hall–Kier alpha value is -0.920. The zero-order chi connectivity index (χ0) is 15.9. The number of thioether (sulfide) groups is 1. The lowest BCUT2D eigenvalue weighted by molar-refractivity contribution is 0.303. The fraction of sp³-hybridized carbons (Fsp3) is 0.688. The molecule has 0 saturated carbocycles. The number of nitrogens with zero attached hydrogens (tertiary/aromatic N) is 4. The maximum atomic E-state index is 4.48. The molecule has 3 rings (SSSR count). The van der Waals surface area contributed by atoms with E-state index >= 15 is 0 Å². The van der Waals surface area contributed by atoms with Crippen molar-refractivity contribution in [2.24, 2.45) is 4.99 Å². The highest BCUT2D eigenvalue weighted by atomic mass is 32.2. The van der Waals surface area contributed by atoms with Gasteiger partial charge in [0.25, 0.3) is 0 Å². The molecule has 1 N–H and O–H groups in total. The molecule has 2 saturated heterocycles. The average Bonchev–Trinajstić information content (AvgIpc) is 3.15. The Morgan fingerprint density at radius 1 is 1.17 bits per heavy atom. The van der Waals surface area contributed by atoms with Crippen LogP contribution in [0, 0.1) is 0 Å². The Morgan fingerprint density at radius 3 is 2.61 bits per heavy atom. The number of thiophene rings is 1. The van der Waals surface area contributed by atoms with E-state index in [9.17, 15) is 0 Å². The maximum absolute atomic E-state index is 4.48. The van der Waals surface area contributed by atoms with Crippen LogP contribution < -0.4 is 10.2 Å². The van der Waals surface area contributed by atoms with E-state index in [1.807, 2.05) is 18.4 Å². The number of hydrogen-bond acceptors (Lipinski definition) is 5. The molecule has 0 amide bonds. The smallest absolute Gasteiger partial charge is 0.193 e. The van der Waals surface area contributed by atoms with E-state index in [1.165, 1.54) is 29.6 Å². The van der Waals surface area contributed by atoms with Crippen LogP contribution in [0.4, 0.5) is 5.00 Å². The van der Waals surface area contributed by atoms with Crippen LogP contribution in [0.5, 0.6) is 0 Å². The van der Waals surface area contributed by atoms with Gasteiger partial charge in [-0.05, 0) is 17.5 Å². The minimum Gasteiger partial charge on any atom is -0.360 e. The van der Waals surface area contributed by atoms with Gasteiger partial charge in [-0.3, -0.25) is 9.89 Å². The summed E-state index contributed by atoms with van der Waals surface area (Å²) in [5.41, 5.74) is 0. The van der Waals surface area contributed by atoms with Crippen molar-refractivity contribution in [3.63, 3.8) is 0 Å². The van der Waals surface area contributed by atoms with Crippen molar-refractivity contribution < 1.29 is 0 Å². The molecule has 7 heteroatoms. The lowest BCUT2D eigenvalue weighted by atomic mass is 10.3. The summed E-state index contributed by atoms with van der Waals surface area (Å²) in [5.74, 6) is 3.61. The Balaban J connectivity index is 1.40. The summed E-state index contributed by atoms with van der Waals surface area (Å²) in [5, 5.41) is 7.09. The molecule has 23 heavy (non-hydrogen) atoms. The van der Waals surface area contributed by atoms with Gasteiger partial charge < -0.3 is 15.1 Å². The minimum atomic E-state index is 0.989. The van der Waals surface area contributed by atoms with Crippen LogP contribution in [0.3, 0.4) is 0 Å². The van der Waals surface area contributed by atoms with Gasteiger partial charge in [-0.2, -0.15) is 11.8 Å². The largest absolute Gasteiger partial charge is 0.360 e. The SMILES string of the molecule is CN=C(NCCN1CCSCC1)N1CCN(c2cccs2)CC1. The highest BCUT2D eigenvalue weighted by Gasteiger charge is 2.20. The summed E-state index contributed by atoms with van der Waals surface area (Å²) >= 11 is 3.90. The molecule has 128 valence electrons. The Bertz CT molecular complexity index is 477. The maximum Gasteiger partial charge on any atom is 0.193 e. The number of rotatable bonds is 4. The Kier molecular flexibility index (Phi) is 6.47. The minimum absolute atomic E-state index is 0.989. The molecule has 2 aliphatic rings. The first-order valence-corrected chi connectivity index (χ1v) is 10.4. The summed E-state index contributed by atoms with van der Waals surface area (Å²) in [7, 11) is 1.89. The van der Waals surface area contributed by atoms with E-state index < -0.39 is 0 Å². The van der Waals surface area contributed by atoms with Crippen molar-refractivity contribution in [1.29, 1.82) is 0 Å². The Labute approximate surface area is 147 Å². The van der Waals surface area contributed by atoms with E-state index in [0.717, 1.165) is 45.2 Å². The van der Waals surface area contributed by atoms with Crippen molar-refractivity contribution >= 4 is 34.1 Å². The quantitative estimate of drug-likeness (QED) is 0.655. The van der Waals surface area contributed by atoms with Crippen molar-refractivity contribution in [2.45, 2.75) is 0 Å². The summed E-state index contributed by atoms with van der Waals surface area (Å²) in [6, 6.07) is 4.34. The van der Waals surface area contributed by atoms with E-state index in [-0.39, 0.29) is 0 Å². The molecule has 0 unspecified atom stereocenters. The molecule has 1 aromatic rings. The molecule has 2 fully saturated rings. The van der Waals surface area contributed by atoms with Crippen molar-refractivity contribution in [2.75, 3.05) is 75.8 Å². The lowest BCUT2D eigenvalue weighted by Gasteiger charge is -2.37. The van der Waals surface area contributed by atoms with E-state index in [2.05, 4.69) is 54.3 Å². The predicted molar refractivity (Wildman–Crippen MR) is 103 cm³/mol. The Morgan fingerprint density at radius 2 is 1.96 bits per heavy atom. The van der Waals surface area contributed by atoms with E-state index in [4.69, 9.17) is 0 Å². The number of aliphatic imine (C=N–C) groups is 1. The molecular formula is C16H27N5S2. The third-order valence-electron chi connectivity index (χ3n) is 4.42. The van der Waals surface area contributed by atoms with Crippen LogP contribution in [-0.2, 0) is 0 Å². The highest BCUT2D eigenvalue weighted by molar-refractivity contribution is 7.99. The zero-order valence-corrected chi connectivity index (χ0v) is 15.5. The van der Waals surface area contributed by atoms with Crippen LogP contribution in [0.25, 0.3) is 0 Å². The summed E-state index contributed by atoms with van der Waals surface area (Å²) in [4.78, 5) is 11.9. The molecule has 5 nitrogen and oxygen atoms in total. The van der Waals surface area contributed by atoms with Crippen molar-refractivity contribution in [1.82, 2.24) is 15.1 Å². The third kappa shape index (κ3) is 4.78. The normalized spacial score (nSPS) is 20.8. The fourth-order valence-corrected chi connectivity index (χ4v) is 4.84. The first-order chi connectivity index (χ1) is 11.4. The molecular weight excluding hydrogens is 326 g/mol. The first-order valence-electron chi connectivity index (χ1n) is 8.41. The number of piperazine rings is 1. The van der Waals surface area contributed by atoms with Crippen LogP contribution in [0.2, 0.25) is 0 Å². The number of anilines is 1. The lowest BCUT2D eigenvalue weighted by Crippen LogP contribution is -2.53. The van der Waals surface area contributed by atoms with Gasteiger partial charge in [0, 0.05) is 70.9 Å². The van der Waals surface area contributed by atoms with E-state index in [0.29, 0.717) is 0 Å². The molecule has 0 bridgehead atoms. The summed E-state index contributed by atoms with van der Waals surface area (Å²) in [6.45, 7) is 8.79. The molecule has 2 aliphatic heterocycles. The highest BCUT2D eigenvalue weighted by Crippen LogP contribution is 2.22. The molecule has 0 aromatic carbocycles. The number of nitrogens with one attached hydrogen (secondary N) is 1. The van der Waals surface area contributed by atoms with Gasteiger partial charge >= 0.3 is 0 Å². The van der Waals surface area contributed by atoms with Crippen LogP contribution in [-0.4, -0.2) is 86.7 Å². The predicted octanol–water partition coefficient (Wildman–Crippen LogP) is 1.49. The van der Waals surface area contributed by atoms with Gasteiger partial charge in [-0.25, -0.2) is 0 Å². The van der Waals surface area contributed by atoms with Gasteiger partial charge in [0.2, 0.25) is 0 Å². The molecule has 0 atom stereocenters. The number of hydrogen-bond donors (Lipinski definition) is 1. The second kappa shape index (κ2) is 8.80. The molecule has 3 heterocycles. The monoisotopic (exact) mass is 353 g/mol. The van der Waals surface area contributed by atoms with Crippen LogP contribution in [0.1, 0.15) is 0 Å². The van der Waals surface area contributed by atoms with Gasteiger partial charge in [-0.15, -0.1) is 11.3 Å². The number of guanidine groups is 1. The third-order valence-corrected chi connectivity index (χ3v) is 6.30. The van der Waals surface area contributed by atoms with Crippen molar-refractivity contribution in [3.05, 3.63) is 17.5 Å². The molecule has 0 aliphatic carbocycles. The van der Waals surface area contributed by atoms with Gasteiger partial charge in [0.1, 0.15) is 0 Å². The summed E-state index contributed by atoms with van der Waals surface area (Å²) < 4.78 is 0. The molecule has 1 aromatic heterocycles. The zero-order valence-electron chi connectivity index (χ0n) is 13.9. The standard InChI is InChI=1S/C16H27N5S2/c1-17-16(18-4-5-19-10-13-22-14-11-19)21-8-6-20(7-9-21)15-3-2-12-23-15/h2-3,12H,4-11,13-14H2,1H3,(H,17,18).